The molecule has 0 aliphatic carbocycles. The van der Waals surface area contributed by atoms with Gasteiger partial charge in [-0.2, -0.15) is 5.10 Å². The molecule has 1 aromatic heterocycles. The SMILES string of the molecule is C[C@]1(C2CCN(C(=O)CCCc3cn[nH]c3)CC2)CN(Cc2ccccc2)C(=O)O1. The second-order valence-corrected chi connectivity index (χ2v) is 8.64. The van der Waals surface area contributed by atoms with Crippen molar-refractivity contribution in [2.45, 2.75) is 51.2 Å². The number of aryl methyl sites for hydroxylation is 1. The Labute approximate surface area is 177 Å². The van der Waals surface area contributed by atoms with Crippen LogP contribution in [0, 0.1) is 5.92 Å². The number of piperidine rings is 1. The Morgan fingerprint density at radius 1 is 1.23 bits per heavy atom. The molecular weight excluding hydrogens is 380 g/mol. The van der Waals surface area contributed by atoms with Gasteiger partial charge in [0.2, 0.25) is 5.91 Å². The molecular formula is C23H30N4O3. The van der Waals surface area contributed by atoms with Crippen molar-refractivity contribution in [1.82, 2.24) is 20.0 Å². The Morgan fingerprint density at radius 2 is 2.00 bits per heavy atom. The van der Waals surface area contributed by atoms with E-state index in [1.807, 2.05) is 48.4 Å². The minimum Gasteiger partial charge on any atom is -0.441 e. The van der Waals surface area contributed by atoms with Crippen LogP contribution in [0.4, 0.5) is 4.79 Å². The number of rotatable bonds is 7. The zero-order valence-corrected chi connectivity index (χ0v) is 17.5. The third-order valence-electron chi connectivity index (χ3n) is 6.42. The zero-order chi connectivity index (χ0) is 21.0. The molecule has 7 nitrogen and oxygen atoms in total. The molecule has 2 aliphatic rings. The van der Waals surface area contributed by atoms with Crippen molar-refractivity contribution >= 4 is 12.0 Å². The van der Waals surface area contributed by atoms with Crippen LogP contribution in [0.3, 0.4) is 0 Å². The molecule has 0 radical (unpaired) electrons. The van der Waals surface area contributed by atoms with Crippen molar-refractivity contribution in [1.29, 1.82) is 0 Å². The minimum atomic E-state index is -0.484. The molecule has 1 atom stereocenters. The summed E-state index contributed by atoms with van der Waals surface area (Å²) in [6.45, 7) is 4.69. The van der Waals surface area contributed by atoms with Gasteiger partial charge in [0.25, 0.3) is 0 Å². The topological polar surface area (TPSA) is 78.5 Å². The lowest BCUT2D eigenvalue weighted by Gasteiger charge is -2.39. The lowest BCUT2D eigenvalue weighted by Crippen LogP contribution is -2.47. The molecule has 2 aliphatic heterocycles. The van der Waals surface area contributed by atoms with Crippen molar-refractivity contribution in [2.24, 2.45) is 5.92 Å². The number of H-pyrrole nitrogens is 1. The van der Waals surface area contributed by atoms with Gasteiger partial charge in [-0.15, -0.1) is 0 Å². The van der Waals surface area contributed by atoms with Crippen molar-refractivity contribution in [3.05, 3.63) is 53.9 Å². The molecule has 4 rings (SSSR count). The molecule has 160 valence electrons. The Kier molecular flexibility index (Phi) is 6.06. The van der Waals surface area contributed by atoms with E-state index in [0.717, 1.165) is 49.9 Å². The van der Waals surface area contributed by atoms with Gasteiger partial charge in [0.1, 0.15) is 5.60 Å². The van der Waals surface area contributed by atoms with E-state index >= 15 is 0 Å². The quantitative estimate of drug-likeness (QED) is 0.759. The van der Waals surface area contributed by atoms with Crippen LogP contribution >= 0.6 is 0 Å². The lowest BCUT2D eigenvalue weighted by molar-refractivity contribution is -0.133. The maximum Gasteiger partial charge on any atom is 0.410 e. The molecule has 0 saturated carbocycles. The third-order valence-corrected chi connectivity index (χ3v) is 6.42. The van der Waals surface area contributed by atoms with E-state index in [1.165, 1.54) is 0 Å². The molecule has 2 amide bonds. The highest BCUT2D eigenvalue weighted by atomic mass is 16.6. The number of hydrogen-bond donors (Lipinski definition) is 1. The average Bonchev–Trinajstić information content (AvgIpc) is 3.37. The summed E-state index contributed by atoms with van der Waals surface area (Å²) in [6.07, 6.45) is 7.45. The van der Waals surface area contributed by atoms with Crippen LogP contribution in [0.5, 0.6) is 0 Å². The number of carbonyl (C=O) groups excluding carboxylic acids is 2. The lowest BCUT2D eigenvalue weighted by atomic mass is 9.81. The summed E-state index contributed by atoms with van der Waals surface area (Å²) in [7, 11) is 0. The molecule has 2 fully saturated rings. The Morgan fingerprint density at radius 3 is 2.70 bits per heavy atom. The van der Waals surface area contributed by atoms with Gasteiger partial charge in [-0.3, -0.25) is 14.8 Å². The van der Waals surface area contributed by atoms with E-state index < -0.39 is 5.60 Å². The van der Waals surface area contributed by atoms with E-state index in [2.05, 4.69) is 10.2 Å². The fourth-order valence-electron chi connectivity index (χ4n) is 4.63. The zero-order valence-electron chi connectivity index (χ0n) is 17.5. The maximum atomic E-state index is 12.6. The largest absolute Gasteiger partial charge is 0.441 e. The highest BCUT2D eigenvalue weighted by Gasteiger charge is 2.47. The summed E-state index contributed by atoms with van der Waals surface area (Å²) in [6, 6.07) is 10.00. The van der Waals surface area contributed by atoms with Gasteiger partial charge in [-0.1, -0.05) is 30.3 Å². The van der Waals surface area contributed by atoms with Crippen molar-refractivity contribution in [3.8, 4) is 0 Å². The smallest absolute Gasteiger partial charge is 0.410 e. The van der Waals surface area contributed by atoms with E-state index in [4.69, 9.17) is 4.74 Å². The van der Waals surface area contributed by atoms with Crippen molar-refractivity contribution in [2.75, 3.05) is 19.6 Å². The second kappa shape index (κ2) is 8.90. The number of amides is 2. The monoisotopic (exact) mass is 410 g/mol. The fourth-order valence-corrected chi connectivity index (χ4v) is 4.63. The highest BCUT2D eigenvalue weighted by molar-refractivity contribution is 5.76. The number of aromatic amines is 1. The summed E-state index contributed by atoms with van der Waals surface area (Å²) in [5.41, 5.74) is 1.76. The van der Waals surface area contributed by atoms with Gasteiger partial charge < -0.3 is 9.64 Å². The molecule has 0 unspecified atom stereocenters. The van der Waals surface area contributed by atoms with Crippen LogP contribution in [-0.2, 0) is 22.5 Å². The number of ether oxygens (including phenoxy) is 1. The number of nitrogens with zero attached hydrogens (tertiary/aromatic N) is 3. The van der Waals surface area contributed by atoms with Crippen LogP contribution < -0.4 is 0 Å². The molecule has 3 heterocycles. The second-order valence-electron chi connectivity index (χ2n) is 8.64. The first-order valence-corrected chi connectivity index (χ1v) is 10.8. The predicted molar refractivity (Wildman–Crippen MR) is 113 cm³/mol. The maximum absolute atomic E-state index is 12.6. The first kappa shape index (κ1) is 20.4. The van der Waals surface area contributed by atoms with Crippen LogP contribution in [0.1, 0.15) is 43.7 Å². The molecule has 7 heteroatoms. The number of benzene rings is 1. The van der Waals surface area contributed by atoms with Gasteiger partial charge >= 0.3 is 6.09 Å². The summed E-state index contributed by atoms with van der Waals surface area (Å²) < 4.78 is 5.85. The number of nitrogens with one attached hydrogen (secondary N) is 1. The number of carbonyl (C=O) groups is 2. The van der Waals surface area contributed by atoms with E-state index in [0.29, 0.717) is 19.5 Å². The molecule has 1 N–H and O–H groups in total. The summed E-state index contributed by atoms with van der Waals surface area (Å²) >= 11 is 0. The van der Waals surface area contributed by atoms with E-state index in [-0.39, 0.29) is 17.9 Å². The Bertz CT molecular complexity index is 847. The van der Waals surface area contributed by atoms with E-state index in [1.54, 1.807) is 11.1 Å². The first-order chi connectivity index (χ1) is 14.5. The van der Waals surface area contributed by atoms with Crippen LogP contribution in [0.15, 0.2) is 42.7 Å². The molecule has 0 spiro atoms. The van der Waals surface area contributed by atoms with Crippen LogP contribution in [0.25, 0.3) is 0 Å². The molecule has 30 heavy (non-hydrogen) atoms. The number of aromatic nitrogens is 2. The third kappa shape index (κ3) is 4.66. The summed E-state index contributed by atoms with van der Waals surface area (Å²) in [4.78, 5) is 28.8. The number of hydrogen-bond acceptors (Lipinski definition) is 4. The standard InChI is InChI=1S/C23H30N4O3/c1-23(17-27(22(29)30-23)16-18-6-3-2-4-7-18)20-10-12-26(13-11-20)21(28)9-5-8-19-14-24-25-15-19/h2-4,6-7,14-15,20H,5,8-13,16-17H2,1H3,(H,24,25)/t23-/m1/s1. The van der Waals surface area contributed by atoms with Gasteiger partial charge in [0.15, 0.2) is 0 Å². The number of cyclic esters (lactones) is 1. The van der Waals surface area contributed by atoms with Crippen LogP contribution in [0.2, 0.25) is 0 Å². The van der Waals surface area contributed by atoms with Crippen molar-refractivity contribution < 1.29 is 14.3 Å². The van der Waals surface area contributed by atoms with Gasteiger partial charge in [-0.25, -0.2) is 4.79 Å². The predicted octanol–water partition coefficient (Wildman–Crippen LogP) is 3.38. The molecule has 2 aromatic rings. The van der Waals surface area contributed by atoms with Crippen LogP contribution in [-0.4, -0.2) is 57.2 Å². The fraction of sp³-hybridized carbons (Fsp3) is 0.522. The summed E-state index contributed by atoms with van der Waals surface area (Å²) in [5, 5.41) is 6.74. The van der Waals surface area contributed by atoms with Crippen molar-refractivity contribution in [3.63, 3.8) is 0 Å². The molecule has 1 aromatic carbocycles. The minimum absolute atomic E-state index is 0.219. The van der Waals surface area contributed by atoms with Gasteiger partial charge in [0, 0.05) is 38.2 Å². The van der Waals surface area contributed by atoms with Gasteiger partial charge in [-0.05, 0) is 43.7 Å². The average molecular weight is 411 g/mol. The normalized spacial score (nSPS) is 22.4. The molecule has 0 bridgehead atoms. The Balaban J connectivity index is 1.25. The summed E-state index contributed by atoms with van der Waals surface area (Å²) in [5.74, 6) is 0.494. The highest BCUT2D eigenvalue weighted by Crippen LogP contribution is 2.37. The van der Waals surface area contributed by atoms with E-state index in [9.17, 15) is 9.59 Å². The number of likely N-dealkylation sites (tertiary alicyclic amines) is 1. The first-order valence-electron chi connectivity index (χ1n) is 10.8. The Hall–Kier alpha value is -2.83. The molecule has 2 saturated heterocycles. The van der Waals surface area contributed by atoms with Gasteiger partial charge in [0.05, 0.1) is 12.7 Å².